The Morgan fingerprint density at radius 3 is 2.25 bits per heavy atom. The molecule has 0 saturated carbocycles. The van der Waals surface area contributed by atoms with Crippen LogP contribution < -0.4 is 0 Å². The zero-order chi connectivity index (χ0) is 14.8. The molecular weight excluding hydrogens is 392 g/mol. The maximum atomic E-state index is 3.54. The van der Waals surface area contributed by atoms with Crippen molar-refractivity contribution in [3.8, 4) is 11.5 Å². The Labute approximate surface area is 138 Å². The van der Waals surface area contributed by atoms with Crippen molar-refractivity contribution in [2.45, 2.75) is 19.6 Å². The van der Waals surface area contributed by atoms with Crippen molar-refractivity contribution in [3.05, 3.63) is 51.4 Å². The maximum Gasteiger partial charge on any atom is 0.129 e. The standard InChI is InChI=1S/C17H16Br2Si/c1-20(2,3)12-11-16(17(18)19)15-10-6-8-13-7-4-5-9-14(13)15/h4-10H,1-3H3. The Morgan fingerprint density at radius 2 is 1.60 bits per heavy atom. The number of allylic oxidation sites excluding steroid dienone is 1. The summed E-state index contributed by atoms with van der Waals surface area (Å²) in [5.74, 6) is 3.37. The summed E-state index contributed by atoms with van der Waals surface area (Å²) < 4.78 is 0.909. The molecule has 2 rings (SSSR count). The molecule has 3 heteroatoms. The van der Waals surface area contributed by atoms with E-state index in [1.54, 1.807) is 0 Å². The average Bonchev–Trinajstić information content (AvgIpc) is 2.37. The average molecular weight is 408 g/mol. The molecule has 0 aliphatic carbocycles. The molecule has 0 bridgehead atoms. The topological polar surface area (TPSA) is 0 Å². The minimum absolute atomic E-state index is 0.909. The largest absolute Gasteiger partial charge is 0.129 e. The highest BCUT2D eigenvalue weighted by Gasteiger charge is 2.11. The molecule has 0 unspecified atom stereocenters. The molecule has 0 aromatic heterocycles. The predicted octanol–water partition coefficient (Wildman–Crippen LogP) is 6.18. The van der Waals surface area contributed by atoms with Gasteiger partial charge in [0.15, 0.2) is 0 Å². The highest BCUT2D eigenvalue weighted by Crippen LogP contribution is 2.31. The molecule has 2 aromatic rings. The lowest BCUT2D eigenvalue weighted by molar-refractivity contribution is 1.69. The van der Waals surface area contributed by atoms with Gasteiger partial charge in [0.1, 0.15) is 8.07 Å². The van der Waals surface area contributed by atoms with Crippen molar-refractivity contribution in [2.75, 3.05) is 0 Å². The predicted molar refractivity (Wildman–Crippen MR) is 99.8 cm³/mol. The van der Waals surface area contributed by atoms with E-state index in [1.807, 2.05) is 0 Å². The SMILES string of the molecule is C[Si](C)(C)C#CC(=C(Br)Br)c1cccc2ccccc12. The van der Waals surface area contributed by atoms with Gasteiger partial charge >= 0.3 is 0 Å². The van der Waals surface area contributed by atoms with Crippen molar-refractivity contribution in [1.29, 1.82) is 0 Å². The summed E-state index contributed by atoms with van der Waals surface area (Å²) in [6.45, 7) is 6.76. The minimum Gasteiger partial charge on any atom is -0.127 e. The molecule has 2 aromatic carbocycles. The van der Waals surface area contributed by atoms with E-state index in [1.165, 1.54) is 10.8 Å². The van der Waals surface area contributed by atoms with Gasteiger partial charge in [-0.15, -0.1) is 5.54 Å². The van der Waals surface area contributed by atoms with E-state index >= 15 is 0 Å². The Balaban J connectivity index is 2.65. The van der Waals surface area contributed by atoms with Crippen LogP contribution >= 0.6 is 31.9 Å². The zero-order valence-electron chi connectivity index (χ0n) is 11.8. The fraction of sp³-hybridized carbons (Fsp3) is 0.176. The number of halogens is 2. The van der Waals surface area contributed by atoms with E-state index in [2.05, 4.69) is 105 Å². The Bertz CT molecular complexity index is 718. The van der Waals surface area contributed by atoms with Gasteiger partial charge in [-0.05, 0) is 48.2 Å². The summed E-state index contributed by atoms with van der Waals surface area (Å²) in [7, 11) is -1.40. The summed E-state index contributed by atoms with van der Waals surface area (Å²) in [4.78, 5) is 0. The third-order valence-corrected chi connectivity index (χ3v) is 4.48. The number of rotatable bonds is 1. The van der Waals surface area contributed by atoms with Gasteiger partial charge in [-0.1, -0.05) is 68.0 Å². The van der Waals surface area contributed by atoms with E-state index in [9.17, 15) is 0 Å². The van der Waals surface area contributed by atoms with Crippen LogP contribution in [-0.2, 0) is 0 Å². The van der Waals surface area contributed by atoms with Gasteiger partial charge in [0.25, 0.3) is 0 Å². The Hall–Kier alpha value is -0.823. The molecule has 0 aliphatic rings. The van der Waals surface area contributed by atoms with Crippen LogP contribution in [0, 0.1) is 11.5 Å². The van der Waals surface area contributed by atoms with Crippen molar-refractivity contribution in [2.24, 2.45) is 0 Å². The minimum atomic E-state index is -1.40. The molecule has 0 fully saturated rings. The molecule has 0 radical (unpaired) electrons. The number of hydrogen-bond donors (Lipinski definition) is 0. The summed E-state index contributed by atoms with van der Waals surface area (Å²) in [6.07, 6.45) is 0. The smallest absolute Gasteiger partial charge is 0.127 e. The van der Waals surface area contributed by atoms with Gasteiger partial charge in [-0.3, -0.25) is 0 Å². The first kappa shape index (κ1) is 15.6. The van der Waals surface area contributed by atoms with Gasteiger partial charge < -0.3 is 0 Å². The number of hydrogen-bond acceptors (Lipinski definition) is 0. The van der Waals surface area contributed by atoms with Crippen LogP contribution in [0.3, 0.4) is 0 Å². The summed E-state index contributed by atoms with van der Waals surface area (Å²) >= 11 is 7.08. The van der Waals surface area contributed by atoms with Gasteiger partial charge in [-0.25, -0.2) is 0 Å². The van der Waals surface area contributed by atoms with Crippen LogP contribution in [0.2, 0.25) is 19.6 Å². The van der Waals surface area contributed by atoms with Crippen LogP contribution in [-0.4, -0.2) is 8.07 Å². The monoisotopic (exact) mass is 406 g/mol. The lowest BCUT2D eigenvalue weighted by Gasteiger charge is -2.08. The molecule has 0 nitrogen and oxygen atoms in total. The fourth-order valence-electron chi connectivity index (χ4n) is 1.91. The first-order valence-electron chi connectivity index (χ1n) is 6.45. The van der Waals surface area contributed by atoms with Crippen molar-refractivity contribution in [1.82, 2.24) is 0 Å². The molecule has 0 atom stereocenters. The van der Waals surface area contributed by atoms with Crippen LogP contribution in [0.4, 0.5) is 0 Å². The maximum absolute atomic E-state index is 3.54. The van der Waals surface area contributed by atoms with Crippen LogP contribution in [0.15, 0.2) is 45.9 Å². The van der Waals surface area contributed by atoms with Gasteiger partial charge in [0.2, 0.25) is 0 Å². The van der Waals surface area contributed by atoms with E-state index < -0.39 is 8.07 Å². The first-order chi connectivity index (χ1) is 9.38. The van der Waals surface area contributed by atoms with Crippen molar-refractivity contribution >= 4 is 56.3 Å². The van der Waals surface area contributed by atoms with Gasteiger partial charge in [0, 0.05) is 0 Å². The normalized spacial score (nSPS) is 10.8. The Kier molecular flexibility index (Phi) is 4.90. The number of fused-ring (bicyclic) bond motifs is 1. The van der Waals surface area contributed by atoms with Gasteiger partial charge in [0.05, 0.1) is 8.96 Å². The number of benzene rings is 2. The van der Waals surface area contributed by atoms with Crippen LogP contribution in [0.25, 0.3) is 16.3 Å². The molecular formula is C17H16Br2Si. The van der Waals surface area contributed by atoms with Crippen molar-refractivity contribution in [3.63, 3.8) is 0 Å². The van der Waals surface area contributed by atoms with Crippen LogP contribution in [0.5, 0.6) is 0 Å². The summed E-state index contributed by atoms with van der Waals surface area (Å²) in [5, 5.41) is 2.46. The quantitative estimate of drug-likeness (QED) is 0.391. The summed E-state index contributed by atoms with van der Waals surface area (Å²) in [6, 6.07) is 14.7. The van der Waals surface area contributed by atoms with Crippen LogP contribution in [0.1, 0.15) is 5.56 Å². The zero-order valence-corrected chi connectivity index (χ0v) is 16.0. The molecule has 102 valence electrons. The second kappa shape index (κ2) is 6.30. The third-order valence-electron chi connectivity index (χ3n) is 2.81. The molecule has 0 aliphatic heterocycles. The highest BCUT2D eigenvalue weighted by atomic mass is 79.9. The van der Waals surface area contributed by atoms with E-state index in [0.29, 0.717) is 0 Å². The molecule has 0 spiro atoms. The highest BCUT2D eigenvalue weighted by molar-refractivity contribution is 9.28. The molecule has 0 N–H and O–H groups in total. The lowest BCUT2D eigenvalue weighted by Crippen LogP contribution is -2.16. The molecule has 0 heterocycles. The lowest BCUT2D eigenvalue weighted by atomic mass is 10.00. The molecule has 0 amide bonds. The second-order valence-corrected chi connectivity index (χ2v) is 13.1. The van der Waals surface area contributed by atoms with Gasteiger partial charge in [-0.2, -0.15) is 0 Å². The summed E-state index contributed by atoms with van der Waals surface area (Å²) in [5.41, 5.74) is 5.62. The first-order valence-corrected chi connectivity index (χ1v) is 11.5. The molecule has 20 heavy (non-hydrogen) atoms. The second-order valence-electron chi connectivity index (χ2n) is 5.66. The van der Waals surface area contributed by atoms with E-state index in [4.69, 9.17) is 0 Å². The molecule has 0 saturated heterocycles. The van der Waals surface area contributed by atoms with E-state index in [-0.39, 0.29) is 0 Å². The van der Waals surface area contributed by atoms with Crippen molar-refractivity contribution < 1.29 is 0 Å². The van der Waals surface area contributed by atoms with E-state index in [0.717, 1.165) is 14.5 Å². The fourth-order valence-corrected chi connectivity index (χ4v) is 3.04. The third kappa shape index (κ3) is 3.85. The Morgan fingerprint density at radius 1 is 0.950 bits per heavy atom.